The molecule has 0 aliphatic carbocycles. The molecule has 5 nitrogen and oxygen atoms in total. The monoisotopic (exact) mass is 440 g/mol. The largest absolute Gasteiger partial charge is 0.486 e. The Bertz CT molecular complexity index is 913. The first-order chi connectivity index (χ1) is 15.0. The van der Waals surface area contributed by atoms with Crippen molar-refractivity contribution in [2.24, 2.45) is 0 Å². The van der Waals surface area contributed by atoms with Crippen molar-refractivity contribution in [1.29, 1.82) is 0 Å². The van der Waals surface area contributed by atoms with Gasteiger partial charge in [0.2, 0.25) is 0 Å². The summed E-state index contributed by atoms with van der Waals surface area (Å²) < 4.78 is 14.4. The van der Waals surface area contributed by atoms with Crippen LogP contribution >= 0.6 is 11.9 Å². The third-order valence-electron chi connectivity index (χ3n) is 6.09. The fraction of sp³-hybridized carbons (Fsp3) is 0.480. The highest BCUT2D eigenvalue weighted by molar-refractivity contribution is 7.96. The maximum absolute atomic E-state index is 13.2. The Morgan fingerprint density at radius 1 is 1.06 bits per heavy atom. The molecule has 4 rings (SSSR count). The van der Waals surface area contributed by atoms with E-state index in [1.165, 1.54) is 31.5 Å². The molecule has 0 bridgehead atoms. The molecule has 166 valence electrons. The highest BCUT2D eigenvalue weighted by Crippen LogP contribution is 2.27. The van der Waals surface area contributed by atoms with Gasteiger partial charge in [-0.3, -0.25) is 9.10 Å². The molecule has 2 aliphatic rings. The lowest BCUT2D eigenvalue weighted by atomic mass is 10.0. The Balaban J connectivity index is 1.40. The van der Waals surface area contributed by atoms with Gasteiger partial charge in [0.15, 0.2) is 0 Å². The highest BCUT2D eigenvalue weighted by Gasteiger charge is 2.37. The molecule has 2 aliphatic heterocycles. The lowest BCUT2D eigenvalue weighted by Gasteiger charge is -2.19. The lowest BCUT2D eigenvalue weighted by Crippen LogP contribution is -2.32. The van der Waals surface area contributed by atoms with Crippen LogP contribution in [0.4, 0.5) is 0 Å². The smallest absolute Gasteiger partial charge is 0.254 e. The first-order valence-corrected chi connectivity index (χ1v) is 12.0. The minimum Gasteiger partial charge on any atom is -0.486 e. The van der Waals surface area contributed by atoms with Gasteiger partial charge in [0, 0.05) is 31.5 Å². The summed E-state index contributed by atoms with van der Waals surface area (Å²) in [6, 6.07) is 14.3. The third kappa shape index (κ3) is 5.43. The Hall–Kier alpha value is -2.02. The number of methoxy groups -OCH3 is 1. The van der Waals surface area contributed by atoms with Crippen LogP contribution in [0.1, 0.15) is 39.9 Å². The van der Waals surface area contributed by atoms with Gasteiger partial charge in [0.1, 0.15) is 18.0 Å². The van der Waals surface area contributed by atoms with Crippen molar-refractivity contribution in [3.8, 4) is 5.75 Å². The van der Waals surface area contributed by atoms with Crippen LogP contribution in [0.15, 0.2) is 42.5 Å². The van der Waals surface area contributed by atoms with Crippen molar-refractivity contribution in [3.63, 3.8) is 0 Å². The van der Waals surface area contributed by atoms with Crippen LogP contribution in [0.3, 0.4) is 0 Å². The van der Waals surface area contributed by atoms with Crippen molar-refractivity contribution in [3.05, 3.63) is 64.7 Å². The maximum atomic E-state index is 13.2. The molecule has 0 spiro atoms. The summed E-state index contributed by atoms with van der Waals surface area (Å²) in [6.07, 6.45) is 2.28. The highest BCUT2D eigenvalue weighted by atomic mass is 32.2. The summed E-state index contributed by atoms with van der Waals surface area (Å²) in [6.45, 7) is 7.43. The molecule has 2 fully saturated rings. The Kier molecular flexibility index (Phi) is 7.20. The average molecular weight is 441 g/mol. The number of hydrogen-bond acceptors (Lipinski definition) is 5. The van der Waals surface area contributed by atoms with Gasteiger partial charge in [0.05, 0.1) is 13.1 Å². The van der Waals surface area contributed by atoms with E-state index in [0.29, 0.717) is 13.1 Å². The van der Waals surface area contributed by atoms with Crippen LogP contribution < -0.4 is 4.74 Å². The zero-order valence-corrected chi connectivity index (χ0v) is 19.5. The molecule has 2 aromatic rings. The average Bonchev–Trinajstić information content (AvgIpc) is 3.43. The number of amides is 1. The number of carbonyl (C=O) groups is 1. The molecule has 2 saturated heterocycles. The number of carbonyl (C=O) groups excluding carboxylic acids is 1. The van der Waals surface area contributed by atoms with Gasteiger partial charge in [-0.25, -0.2) is 0 Å². The summed E-state index contributed by atoms with van der Waals surface area (Å²) in [5.41, 5.74) is 4.10. The molecular formula is C25H32N2O3S. The fourth-order valence-electron chi connectivity index (χ4n) is 4.25. The topological polar surface area (TPSA) is 42.0 Å². The number of hydrogen-bond donors (Lipinski definition) is 0. The summed E-state index contributed by atoms with van der Waals surface area (Å²) in [5.74, 6) is 1.84. The van der Waals surface area contributed by atoms with E-state index >= 15 is 0 Å². The predicted molar refractivity (Wildman–Crippen MR) is 126 cm³/mol. The van der Waals surface area contributed by atoms with E-state index < -0.39 is 0 Å². The number of benzene rings is 2. The van der Waals surface area contributed by atoms with Gasteiger partial charge in [-0.2, -0.15) is 0 Å². The molecule has 0 aromatic heterocycles. The van der Waals surface area contributed by atoms with Gasteiger partial charge < -0.3 is 14.4 Å². The number of rotatable bonds is 7. The lowest BCUT2D eigenvalue weighted by molar-refractivity contribution is 0.0339. The van der Waals surface area contributed by atoms with E-state index in [9.17, 15) is 4.79 Å². The minimum atomic E-state index is -0.180. The molecule has 31 heavy (non-hydrogen) atoms. The number of ether oxygens (including phenoxy) is 2. The first kappa shape index (κ1) is 22.2. The van der Waals surface area contributed by atoms with E-state index in [0.717, 1.165) is 28.2 Å². The Labute approximate surface area is 189 Å². The van der Waals surface area contributed by atoms with Gasteiger partial charge in [-0.1, -0.05) is 41.8 Å². The van der Waals surface area contributed by atoms with Crippen molar-refractivity contribution >= 4 is 17.9 Å². The minimum absolute atomic E-state index is 0.0464. The number of nitrogens with zero attached hydrogens (tertiary/aromatic N) is 2. The quantitative estimate of drug-likeness (QED) is 0.595. The fourth-order valence-corrected chi connectivity index (χ4v) is 5.28. The van der Waals surface area contributed by atoms with Crippen molar-refractivity contribution in [1.82, 2.24) is 9.21 Å². The van der Waals surface area contributed by atoms with Gasteiger partial charge in [-0.05, 0) is 56.0 Å². The zero-order valence-electron chi connectivity index (χ0n) is 18.7. The molecule has 0 radical (unpaired) electrons. The number of aryl methyl sites for hydroxylation is 2. The first-order valence-electron chi connectivity index (χ1n) is 11.1. The SMILES string of the molecule is COC1CN(C(=O)c2cc(C)ccc2C)CC1Oc1cccc(CSN2CCCC2)c1. The van der Waals surface area contributed by atoms with Crippen molar-refractivity contribution in [2.75, 3.05) is 33.3 Å². The standard InChI is InChI=1S/C25H32N2O3S/c1-18-9-10-19(2)22(13-18)25(28)26-15-23(29-3)24(16-26)30-21-8-6-7-20(14-21)17-31-27-11-4-5-12-27/h6-10,13-14,23-24H,4-5,11-12,15-17H2,1-3H3. The van der Waals surface area contributed by atoms with Crippen LogP contribution in [0.2, 0.25) is 0 Å². The Morgan fingerprint density at radius 3 is 2.61 bits per heavy atom. The Morgan fingerprint density at radius 2 is 1.84 bits per heavy atom. The van der Waals surface area contributed by atoms with Gasteiger partial charge in [-0.15, -0.1) is 0 Å². The second-order valence-electron chi connectivity index (χ2n) is 8.52. The van der Waals surface area contributed by atoms with Crippen LogP contribution in [-0.4, -0.2) is 60.6 Å². The van der Waals surface area contributed by atoms with Crippen molar-refractivity contribution < 1.29 is 14.3 Å². The van der Waals surface area contributed by atoms with Gasteiger partial charge >= 0.3 is 0 Å². The predicted octanol–water partition coefficient (Wildman–Crippen LogP) is 4.47. The van der Waals surface area contributed by atoms with E-state index in [1.807, 2.05) is 61.0 Å². The normalized spacial score (nSPS) is 21.6. The third-order valence-corrected chi connectivity index (χ3v) is 7.29. The van der Waals surface area contributed by atoms with Gasteiger partial charge in [0.25, 0.3) is 5.91 Å². The molecule has 0 saturated carbocycles. The summed E-state index contributed by atoms with van der Waals surface area (Å²) >= 11 is 1.90. The van der Waals surface area contributed by atoms with E-state index in [-0.39, 0.29) is 18.1 Å². The van der Waals surface area contributed by atoms with Crippen molar-refractivity contribution in [2.45, 2.75) is 44.6 Å². The second-order valence-corrected chi connectivity index (χ2v) is 9.58. The molecular weight excluding hydrogens is 408 g/mol. The van der Waals surface area contributed by atoms with Crippen LogP contribution in [0.25, 0.3) is 0 Å². The summed E-state index contributed by atoms with van der Waals surface area (Å²) in [5, 5.41) is 0. The summed E-state index contributed by atoms with van der Waals surface area (Å²) in [7, 11) is 1.69. The van der Waals surface area contributed by atoms with Crippen LogP contribution in [0.5, 0.6) is 5.75 Å². The summed E-state index contributed by atoms with van der Waals surface area (Å²) in [4.78, 5) is 15.0. The molecule has 2 unspecified atom stereocenters. The van der Waals surface area contributed by atoms with E-state index in [1.54, 1.807) is 7.11 Å². The second kappa shape index (κ2) is 10.1. The van der Waals surface area contributed by atoms with Crippen LogP contribution in [0, 0.1) is 13.8 Å². The molecule has 2 atom stereocenters. The molecule has 0 N–H and O–H groups in total. The van der Waals surface area contributed by atoms with E-state index in [2.05, 4.69) is 16.4 Å². The molecule has 6 heteroatoms. The number of likely N-dealkylation sites (tertiary alicyclic amines) is 1. The molecule has 1 amide bonds. The zero-order chi connectivity index (χ0) is 21.8. The molecule has 2 heterocycles. The van der Waals surface area contributed by atoms with E-state index in [4.69, 9.17) is 9.47 Å². The van der Waals surface area contributed by atoms with Crippen LogP contribution in [-0.2, 0) is 10.5 Å². The molecule has 2 aromatic carbocycles. The maximum Gasteiger partial charge on any atom is 0.254 e.